The van der Waals surface area contributed by atoms with Crippen molar-refractivity contribution in [3.63, 3.8) is 0 Å². The van der Waals surface area contributed by atoms with Crippen LogP contribution in [0.4, 0.5) is 0 Å². The molecule has 0 atom stereocenters. The summed E-state index contributed by atoms with van der Waals surface area (Å²) in [4.78, 5) is 11.6. The van der Waals surface area contributed by atoms with Crippen molar-refractivity contribution in [3.8, 4) is 0 Å². The number of aryl methyl sites for hydroxylation is 2. The second-order valence-electron chi connectivity index (χ2n) is 6.63. The van der Waals surface area contributed by atoms with Crippen LogP contribution in [0.15, 0.2) is 18.3 Å². The smallest absolute Gasteiger partial charge is 0.337 e. The van der Waals surface area contributed by atoms with Crippen molar-refractivity contribution in [2.45, 2.75) is 39.0 Å². The van der Waals surface area contributed by atoms with Gasteiger partial charge in [0.15, 0.2) is 0 Å². The minimum atomic E-state index is -0.877. The molecular formula is C17H24N2O2. The number of benzene rings is 1. The number of fused-ring (bicyclic) bond motifs is 1. The van der Waals surface area contributed by atoms with Gasteiger partial charge in [0.2, 0.25) is 0 Å². The molecule has 1 aromatic carbocycles. The molecule has 0 aliphatic carbocycles. The lowest BCUT2D eigenvalue weighted by atomic mass is 9.84. The van der Waals surface area contributed by atoms with E-state index in [4.69, 9.17) is 5.73 Å². The van der Waals surface area contributed by atoms with Crippen molar-refractivity contribution in [2.24, 2.45) is 12.8 Å². The Kier molecular flexibility index (Phi) is 4.10. The summed E-state index contributed by atoms with van der Waals surface area (Å²) in [7, 11) is 1.90. The molecule has 0 aliphatic rings. The lowest BCUT2D eigenvalue weighted by molar-refractivity contribution is 0.0698. The largest absolute Gasteiger partial charge is 0.478 e. The van der Waals surface area contributed by atoms with Crippen LogP contribution in [0.2, 0.25) is 0 Å². The zero-order valence-corrected chi connectivity index (χ0v) is 13.2. The van der Waals surface area contributed by atoms with Crippen LogP contribution < -0.4 is 5.73 Å². The molecule has 1 heterocycles. The van der Waals surface area contributed by atoms with Crippen LogP contribution in [-0.2, 0) is 18.9 Å². The van der Waals surface area contributed by atoms with Gasteiger partial charge in [-0.25, -0.2) is 4.79 Å². The standard InChI is InChI=1S/C17H24N2O2/c1-17(2,3)12-8-13-11(6-5-7-18)10-19(4)15(13)14(9-12)16(20)21/h8-10H,5-7,18H2,1-4H3,(H,20,21). The van der Waals surface area contributed by atoms with Crippen LogP contribution in [-0.4, -0.2) is 22.2 Å². The Morgan fingerprint density at radius 1 is 1.33 bits per heavy atom. The van der Waals surface area contributed by atoms with E-state index in [0.717, 1.165) is 29.3 Å². The Labute approximate surface area is 125 Å². The average molecular weight is 288 g/mol. The molecule has 4 heteroatoms. The van der Waals surface area contributed by atoms with Gasteiger partial charge in [-0.1, -0.05) is 20.8 Å². The first-order chi connectivity index (χ1) is 9.75. The van der Waals surface area contributed by atoms with Gasteiger partial charge in [0.1, 0.15) is 0 Å². The van der Waals surface area contributed by atoms with Crippen LogP contribution in [0.3, 0.4) is 0 Å². The second-order valence-corrected chi connectivity index (χ2v) is 6.63. The van der Waals surface area contributed by atoms with Gasteiger partial charge < -0.3 is 15.4 Å². The van der Waals surface area contributed by atoms with E-state index in [1.807, 2.05) is 17.8 Å². The molecule has 3 N–H and O–H groups in total. The molecule has 21 heavy (non-hydrogen) atoms. The highest BCUT2D eigenvalue weighted by Gasteiger charge is 2.21. The highest BCUT2D eigenvalue weighted by Crippen LogP contribution is 2.32. The van der Waals surface area contributed by atoms with Crippen LogP contribution >= 0.6 is 0 Å². The molecule has 0 amide bonds. The zero-order valence-electron chi connectivity index (χ0n) is 13.2. The fourth-order valence-electron chi connectivity index (χ4n) is 2.71. The summed E-state index contributed by atoms with van der Waals surface area (Å²) < 4.78 is 1.91. The molecule has 0 bridgehead atoms. The molecule has 0 radical (unpaired) electrons. The molecule has 2 rings (SSSR count). The number of aromatic nitrogens is 1. The number of carbonyl (C=O) groups is 1. The Balaban J connectivity index is 2.75. The summed E-state index contributed by atoms with van der Waals surface area (Å²) in [5.41, 5.74) is 8.91. The number of hydrogen-bond donors (Lipinski definition) is 2. The zero-order chi connectivity index (χ0) is 15.8. The van der Waals surface area contributed by atoms with Crippen LogP contribution in [0.1, 0.15) is 48.7 Å². The van der Waals surface area contributed by atoms with Gasteiger partial charge in [-0.05, 0) is 48.1 Å². The summed E-state index contributed by atoms with van der Waals surface area (Å²) in [6, 6.07) is 3.94. The van der Waals surface area contributed by atoms with E-state index in [-0.39, 0.29) is 5.41 Å². The maximum absolute atomic E-state index is 11.6. The Hall–Kier alpha value is -1.81. The second kappa shape index (κ2) is 5.53. The summed E-state index contributed by atoms with van der Waals surface area (Å²) in [6.07, 6.45) is 3.81. The predicted molar refractivity (Wildman–Crippen MR) is 86.0 cm³/mol. The highest BCUT2D eigenvalue weighted by atomic mass is 16.4. The molecule has 1 aromatic heterocycles. The highest BCUT2D eigenvalue weighted by molar-refractivity contribution is 6.04. The fraction of sp³-hybridized carbons (Fsp3) is 0.471. The van der Waals surface area contributed by atoms with Crippen molar-refractivity contribution in [2.75, 3.05) is 6.54 Å². The molecule has 0 spiro atoms. The van der Waals surface area contributed by atoms with E-state index in [0.29, 0.717) is 12.1 Å². The van der Waals surface area contributed by atoms with Gasteiger partial charge in [0.25, 0.3) is 0 Å². The van der Waals surface area contributed by atoms with Crippen LogP contribution in [0.25, 0.3) is 10.9 Å². The van der Waals surface area contributed by atoms with Crippen LogP contribution in [0.5, 0.6) is 0 Å². The number of carboxylic acid groups (broad SMARTS) is 1. The topological polar surface area (TPSA) is 68.2 Å². The fourth-order valence-corrected chi connectivity index (χ4v) is 2.71. The number of nitrogens with two attached hydrogens (primary N) is 1. The molecule has 4 nitrogen and oxygen atoms in total. The predicted octanol–water partition coefficient (Wildman–Crippen LogP) is 3.07. The molecule has 0 fully saturated rings. The van der Waals surface area contributed by atoms with Crippen molar-refractivity contribution in [3.05, 3.63) is 35.0 Å². The first kappa shape index (κ1) is 15.6. The lowest BCUT2D eigenvalue weighted by Gasteiger charge is -2.20. The Bertz CT molecular complexity index is 678. The van der Waals surface area contributed by atoms with E-state index in [1.165, 1.54) is 5.56 Å². The normalized spacial score (nSPS) is 12.0. The van der Waals surface area contributed by atoms with Gasteiger partial charge in [-0.2, -0.15) is 0 Å². The molecule has 0 saturated carbocycles. The van der Waals surface area contributed by atoms with Crippen molar-refractivity contribution in [1.82, 2.24) is 4.57 Å². The number of aromatic carboxylic acids is 1. The average Bonchev–Trinajstić information content (AvgIpc) is 2.71. The number of nitrogens with zero attached hydrogens (tertiary/aromatic N) is 1. The SMILES string of the molecule is Cn1cc(CCCN)c2cc(C(C)(C)C)cc(C(=O)O)c21. The Morgan fingerprint density at radius 2 is 2.00 bits per heavy atom. The molecule has 2 aromatic rings. The third kappa shape index (κ3) is 2.95. The van der Waals surface area contributed by atoms with Gasteiger partial charge in [0, 0.05) is 18.6 Å². The monoisotopic (exact) mass is 288 g/mol. The van der Waals surface area contributed by atoms with Crippen molar-refractivity contribution in [1.29, 1.82) is 0 Å². The van der Waals surface area contributed by atoms with Gasteiger partial charge >= 0.3 is 5.97 Å². The summed E-state index contributed by atoms with van der Waals surface area (Å²) >= 11 is 0. The third-order valence-electron chi connectivity index (χ3n) is 3.90. The molecule has 0 unspecified atom stereocenters. The first-order valence-electron chi connectivity index (χ1n) is 7.31. The minimum absolute atomic E-state index is 0.0840. The van der Waals surface area contributed by atoms with Gasteiger partial charge in [-0.15, -0.1) is 0 Å². The summed E-state index contributed by atoms with van der Waals surface area (Å²) in [6.45, 7) is 6.94. The maximum Gasteiger partial charge on any atom is 0.337 e. The van der Waals surface area contributed by atoms with Crippen molar-refractivity contribution >= 4 is 16.9 Å². The van der Waals surface area contributed by atoms with E-state index < -0.39 is 5.97 Å². The van der Waals surface area contributed by atoms with Gasteiger partial charge in [0.05, 0.1) is 11.1 Å². The van der Waals surface area contributed by atoms with E-state index >= 15 is 0 Å². The molecule has 0 saturated heterocycles. The minimum Gasteiger partial charge on any atom is -0.478 e. The van der Waals surface area contributed by atoms with Gasteiger partial charge in [-0.3, -0.25) is 0 Å². The third-order valence-corrected chi connectivity index (χ3v) is 3.90. The first-order valence-corrected chi connectivity index (χ1v) is 7.31. The quantitative estimate of drug-likeness (QED) is 0.908. The lowest BCUT2D eigenvalue weighted by Crippen LogP contribution is -2.13. The van der Waals surface area contributed by atoms with E-state index in [1.54, 1.807) is 6.07 Å². The Morgan fingerprint density at radius 3 is 2.52 bits per heavy atom. The van der Waals surface area contributed by atoms with E-state index in [2.05, 4.69) is 26.8 Å². The maximum atomic E-state index is 11.6. The summed E-state index contributed by atoms with van der Waals surface area (Å²) in [5, 5.41) is 10.6. The number of carboxylic acids is 1. The van der Waals surface area contributed by atoms with Crippen LogP contribution in [0, 0.1) is 0 Å². The van der Waals surface area contributed by atoms with Crippen molar-refractivity contribution < 1.29 is 9.90 Å². The summed E-state index contributed by atoms with van der Waals surface area (Å²) in [5.74, 6) is -0.877. The molecule has 0 aliphatic heterocycles. The number of hydrogen-bond acceptors (Lipinski definition) is 2. The van der Waals surface area contributed by atoms with E-state index in [9.17, 15) is 9.90 Å². The molecule has 114 valence electrons. The number of rotatable bonds is 4. The molecular weight excluding hydrogens is 264 g/mol.